The molecule has 6 nitrogen and oxygen atoms in total. The number of ether oxygens (including phenoxy) is 1. The molecule has 2 heterocycles. The Morgan fingerprint density at radius 3 is 2.89 bits per heavy atom. The molecule has 0 saturated carbocycles. The molecule has 27 heavy (non-hydrogen) atoms. The van der Waals surface area contributed by atoms with Crippen molar-refractivity contribution in [1.29, 1.82) is 0 Å². The van der Waals surface area contributed by atoms with Gasteiger partial charge in [-0.1, -0.05) is 12.1 Å². The standard InChI is InChI=1S/C21H26N4O2/c1-14-3-4-15(2)19(11-14)23-20(26)16-5-6-18-17(12-16)13-22-21(24-18)25-7-9-27-10-8-25/h3-4,11,13,16H,5-10,12H2,1-2H3,(H,23,26). The van der Waals surface area contributed by atoms with Gasteiger partial charge in [0.25, 0.3) is 0 Å². The zero-order chi connectivity index (χ0) is 18.8. The quantitative estimate of drug-likeness (QED) is 0.905. The second-order valence-electron chi connectivity index (χ2n) is 7.49. The minimum Gasteiger partial charge on any atom is -0.378 e. The van der Waals surface area contributed by atoms with E-state index in [9.17, 15) is 4.79 Å². The van der Waals surface area contributed by atoms with Crippen LogP contribution in [-0.2, 0) is 22.4 Å². The van der Waals surface area contributed by atoms with E-state index >= 15 is 0 Å². The topological polar surface area (TPSA) is 67.4 Å². The maximum Gasteiger partial charge on any atom is 0.227 e. The molecule has 1 unspecified atom stereocenters. The average molecular weight is 366 g/mol. The van der Waals surface area contributed by atoms with Crippen LogP contribution >= 0.6 is 0 Å². The number of morpholine rings is 1. The summed E-state index contributed by atoms with van der Waals surface area (Å²) in [7, 11) is 0. The number of aromatic nitrogens is 2. The number of anilines is 2. The van der Waals surface area contributed by atoms with Gasteiger partial charge in [0, 0.05) is 36.6 Å². The highest BCUT2D eigenvalue weighted by Gasteiger charge is 2.27. The van der Waals surface area contributed by atoms with E-state index in [0.29, 0.717) is 6.42 Å². The van der Waals surface area contributed by atoms with Crippen LogP contribution in [0.1, 0.15) is 28.8 Å². The van der Waals surface area contributed by atoms with Crippen LogP contribution in [0.15, 0.2) is 24.4 Å². The van der Waals surface area contributed by atoms with Gasteiger partial charge in [0.1, 0.15) is 0 Å². The molecule has 0 radical (unpaired) electrons. The summed E-state index contributed by atoms with van der Waals surface area (Å²) < 4.78 is 5.40. The summed E-state index contributed by atoms with van der Waals surface area (Å²) in [5.41, 5.74) is 5.32. The molecule has 1 saturated heterocycles. The zero-order valence-electron chi connectivity index (χ0n) is 16.0. The summed E-state index contributed by atoms with van der Waals surface area (Å²) in [6.45, 7) is 7.17. The molecule has 1 N–H and O–H groups in total. The first-order valence-electron chi connectivity index (χ1n) is 9.66. The van der Waals surface area contributed by atoms with E-state index in [4.69, 9.17) is 9.72 Å². The normalized spacial score (nSPS) is 19.5. The number of amides is 1. The van der Waals surface area contributed by atoms with Crippen molar-refractivity contribution in [3.8, 4) is 0 Å². The lowest BCUT2D eigenvalue weighted by Gasteiger charge is -2.29. The van der Waals surface area contributed by atoms with Crippen molar-refractivity contribution in [3.05, 3.63) is 46.8 Å². The van der Waals surface area contributed by atoms with Crippen LogP contribution in [0.5, 0.6) is 0 Å². The van der Waals surface area contributed by atoms with Crippen molar-refractivity contribution >= 4 is 17.5 Å². The van der Waals surface area contributed by atoms with Crippen LogP contribution in [-0.4, -0.2) is 42.2 Å². The number of carbonyl (C=O) groups is 1. The average Bonchev–Trinajstić information content (AvgIpc) is 2.70. The van der Waals surface area contributed by atoms with Crippen molar-refractivity contribution in [3.63, 3.8) is 0 Å². The van der Waals surface area contributed by atoms with E-state index in [1.165, 1.54) is 0 Å². The largest absolute Gasteiger partial charge is 0.378 e. The highest BCUT2D eigenvalue weighted by Crippen LogP contribution is 2.27. The van der Waals surface area contributed by atoms with Gasteiger partial charge in [0.2, 0.25) is 11.9 Å². The lowest BCUT2D eigenvalue weighted by atomic mass is 9.86. The molecule has 0 bridgehead atoms. The van der Waals surface area contributed by atoms with Gasteiger partial charge in [-0.3, -0.25) is 4.79 Å². The fraction of sp³-hybridized carbons (Fsp3) is 0.476. The van der Waals surface area contributed by atoms with Crippen molar-refractivity contribution < 1.29 is 9.53 Å². The second-order valence-corrected chi connectivity index (χ2v) is 7.49. The predicted molar refractivity (Wildman–Crippen MR) is 105 cm³/mol. The highest BCUT2D eigenvalue weighted by molar-refractivity contribution is 5.93. The van der Waals surface area contributed by atoms with Crippen molar-refractivity contribution in [2.75, 3.05) is 36.5 Å². The van der Waals surface area contributed by atoms with Crippen LogP contribution in [0.25, 0.3) is 0 Å². The molecular formula is C21H26N4O2. The second kappa shape index (κ2) is 7.64. The molecule has 1 aliphatic carbocycles. The fourth-order valence-corrected chi connectivity index (χ4v) is 3.74. The molecule has 142 valence electrons. The van der Waals surface area contributed by atoms with E-state index < -0.39 is 0 Å². The summed E-state index contributed by atoms with van der Waals surface area (Å²) >= 11 is 0. The van der Waals surface area contributed by atoms with Gasteiger partial charge in [-0.15, -0.1) is 0 Å². The Bertz CT molecular complexity index is 846. The Hall–Kier alpha value is -2.47. The number of fused-ring (bicyclic) bond motifs is 1. The molecule has 2 aliphatic rings. The molecule has 1 atom stereocenters. The molecule has 1 aromatic carbocycles. The third-order valence-corrected chi connectivity index (χ3v) is 5.45. The first kappa shape index (κ1) is 17.9. The van der Waals surface area contributed by atoms with Crippen molar-refractivity contribution in [2.24, 2.45) is 5.92 Å². The molecule has 4 rings (SSSR count). The maximum absolute atomic E-state index is 12.8. The Morgan fingerprint density at radius 2 is 2.07 bits per heavy atom. The molecule has 1 aromatic heterocycles. The first-order chi connectivity index (χ1) is 13.1. The van der Waals surface area contributed by atoms with E-state index in [1.807, 2.05) is 32.2 Å². The van der Waals surface area contributed by atoms with E-state index in [2.05, 4.69) is 21.3 Å². The van der Waals surface area contributed by atoms with Gasteiger partial charge in [0.15, 0.2) is 0 Å². The molecular weight excluding hydrogens is 340 g/mol. The van der Waals surface area contributed by atoms with Crippen LogP contribution in [0.4, 0.5) is 11.6 Å². The fourth-order valence-electron chi connectivity index (χ4n) is 3.74. The zero-order valence-corrected chi connectivity index (χ0v) is 16.0. The summed E-state index contributed by atoms with van der Waals surface area (Å²) in [5.74, 6) is 0.845. The Morgan fingerprint density at radius 1 is 1.26 bits per heavy atom. The number of rotatable bonds is 3. The lowest BCUT2D eigenvalue weighted by Crippen LogP contribution is -2.38. The van der Waals surface area contributed by atoms with Gasteiger partial charge >= 0.3 is 0 Å². The van der Waals surface area contributed by atoms with Gasteiger partial charge in [-0.2, -0.15) is 0 Å². The minimum absolute atomic E-state index is 0.0322. The smallest absolute Gasteiger partial charge is 0.227 e. The summed E-state index contributed by atoms with van der Waals surface area (Å²) in [6, 6.07) is 6.13. The molecule has 2 aromatic rings. The number of carbonyl (C=O) groups excluding carboxylic acids is 1. The van der Waals surface area contributed by atoms with Crippen LogP contribution in [0.3, 0.4) is 0 Å². The number of hydrogen-bond donors (Lipinski definition) is 1. The van der Waals surface area contributed by atoms with Gasteiger partial charge in [-0.05, 0) is 55.9 Å². The van der Waals surface area contributed by atoms with Crippen molar-refractivity contribution in [2.45, 2.75) is 33.1 Å². The predicted octanol–water partition coefficient (Wildman–Crippen LogP) is 2.67. The number of aryl methyl sites for hydroxylation is 3. The molecule has 1 aliphatic heterocycles. The van der Waals surface area contributed by atoms with Crippen molar-refractivity contribution in [1.82, 2.24) is 9.97 Å². The van der Waals surface area contributed by atoms with Crippen LogP contribution in [0.2, 0.25) is 0 Å². The summed E-state index contributed by atoms with van der Waals surface area (Å²) in [6.07, 6.45) is 4.25. The summed E-state index contributed by atoms with van der Waals surface area (Å²) in [4.78, 5) is 24.3. The van der Waals surface area contributed by atoms with E-state index in [-0.39, 0.29) is 11.8 Å². The van der Waals surface area contributed by atoms with Crippen LogP contribution < -0.4 is 10.2 Å². The Labute approximate surface area is 160 Å². The molecule has 6 heteroatoms. The lowest BCUT2D eigenvalue weighted by molar-refractivity contribution is -0.120. The monoisotopic (exact) mass is 366 g/mol. The first-order valence-corrected chi connectivity index (χ1v) is 9.66. The third kappa shape index (κ3) is 3.95. The van der Waals surface area contributed by atoms with Crippen LogP contribution in [0, 0.1) is 19.8 Å². The third-order valence-electron chi connectivity index (χ3n) is 5.45. The Balaban J connectivity index is 1.44. The number of hydrogen-bond acceptors (Lipinski definition) is 5. The maximum atomic E-state index is 12.8. The van der Waals surface area contributed by atoms with E-state index in [0.717, 1.165) is 73.2 Å². The van der Waals surface area contributed by atoms with Gasteiger partial charge in [0.05, 0.1) is 13.2 Å². The number of nitrogens with zero attached hydrogens (tertiary/aromatic N) is 3. The SMILES string of the molecule is Cc1ccc(C)c(NC(=O)C2CCc3nc(N4CCOCC4)ncc3C2)c1. The number of benzene rings is 1. The minimum atomic E-state index is -0.0322. The Kier molecular flexibility index (Phi) is 5.07. The number of nitrogens with one attached hydrogen (secondary N) is 1. The molecule has 0 spiro atoms. The van der Waals surface area contributed by atoms with Gasteiger partial charge < -0.3 is 15.0 Å². The van der Waals surface area contributed by atoms with Gasteiger partial charge in [-0.25, -0.2) is 9.97 Å². The highest BCUT2D eigenvalue weighted by atomic mass is 16.5. The molecule has 1 fully saturated rings. The van der Waals surface area contributed by atoms with E-state index in [1.54, 1.807) is 0 Å². The molecule has 1 amide bonds. The summed E-state index contributed by atoms with van der Waals surface area (Å²) in [5, 5.41) is 3.11.